The molecule has 0 unspecified atom stereocenters. The maximum Gasteiger partial charge on any atom is 0.292 e. The number of rotatable bonds is 7. The fourth-order valence-electron chi connectivity index (χ4n) is 4.15. The van der Waals surface area contributed by atoms with Crippen molar-refractivity contribution in [2.75, 3.05) is 65.4 Å². The molecule has 0 bridgehead atoms. The maximum atomic E-state index is 12.6. The van der Waals surface area contributed by atoms with E-state index in [4.69, 9.17) is 29.4 Å². The van der Waals surface area contributed by atoms with E-state index in [0.29, 0.717) is 42.8 Å². The van der Waals surface area contributed by atoms with Crippen LogP contribution in [-0.2, 0) is 4.74 Å². The van der Waals surface area contributed by atoms with Crippen molar-refractivity contribution in [3.63, 3.8) is 0 Å². The van der Waals surface area contributed by atoms with Crippen molar-refractivity contribution in [1.82, 2.24) is 20.1 Å². The number of aromatic nitrogens is 1. The molecule has 1 fully saturated rings. The first kappa shape index (κ1) is 22.2. The van der Waals surface area contributed by atoms with Crippen LogP contribution in [-0.4, -0.2) is 92.1 Å². The fraction of sp³-hybridized carbons (Fsp3) is 0.455. The van der Waals surface area contributed by atoms with Crippen LogP contribution in [0.2, 0.25) is 0 Å². The molecule has 1 aromatic carbocycles. The van der Waals surface area contributed by atoms with Crippen LogP contribution in [0.15, 0.2) is 32.8 Å². The molecule has 3 aliphatic heterocycles. The van der Waals surface area contributed by atoms with Crippen molar-refractivity contribution in [3.05, 3.63) is 29.7 Å². The number of oxazole rings is 1. The van der Waals surface area contributed by atoms with Crippen LogP contribution in [0, 0.1) is 0 Å². The zero-order valence-corrected chi connectivity index (χ0v) is 19.0. The Morgan fingerprint density at radius 1 is 1.26 bits per heavy atom. The number of anilines is 1. The number of fused-ring (bicyclic) bond motifs is 3. The molecule has 1 aromatic heterocycles. The van der Waals surface area contributed by atoms with E-state index in [-0.39, 0.29) is 11.7 Å². The number of nitrogens with two attached hydrogens (primary N) is 1. The predicted octanol–water partition coefficient (Wildman–Crippen LogP) is 0.860. The minimum absolute atomic E-state index is 0.0630. The second kappa shape index (κ2) is 9.69. The van der Waals surface area contributed by atoms with Gasteiger partial charge >= 0.3 is 0 Å². The maximum absolute atomic E-state index is 12.6. The first-order valence-corrected chi connectivity index (χ1v) is 11.2. The summed E-state index contributed by atoms with van der Waals surface area (Å²) >= 11 is 0. The molecule has 0 atom stereocenters. The molecule has 180 valence electrons. The Hall–Kier alpha value is -3.64. The highest BCUT2D eigenvalue weighted by molar-refractivity contribution is 6.19. The molecule has 2 aromatic rings. The molecule has 3 aliphatic rings. The molecular formula is C22H27N7O5. The van der Waals surface area contributed by atoms with Crippen LogP contribution in [0.3, 0.4) is 0 Å². The van der Waals surface area contributed by atoms with Crippen LogP contribution >= 0.6 is 0 Å². The molecular weight excluding hydrogens is 442 g/mol. The van der Waals surface area contributed by atoms with E-state index in [1.807, 2.05) is 17.0 Å². The first-order valence-electron chi connectivity index (χ1n) is 11.2. The number of carbonyl (C=O) groups is 1. The van der Waals surface area contributed by atoms with Crippen molar-refractivity contribution in [1.29, 1.82) is 0 Å². The van der Waals surface area contributed by atoms with Gasteiger partial charge in [-0.05, 0) is 18.6 Å². The largest absolute Gasteiger partial charge is 0.491 e. The van der Waals surface area contributed by atoms with Gasteiger partial charge in [0.1, 0.15) is 17.8 Å². The lowest BCUT2D eigenvalue weighted by Crippen LogP contribution is -2.47. The first-order chi connectivity index (χ1) is 16.6. The number of hydrogen-bond acceptors (Lipinski definition) is 11. The van der Waals surface area contributed by atoms with Gasteiger partial charge in [0.25, 0.3) is 11.9 Å². The summed E-state index contributed by atoms with van der Waals surface area (Å²) in [6.45, 7) is 6.13. The van der Waals surface area contributed by atoms with Crippen molar-refractivity contribution < 1.29 is 23.4 Å². The van der Waals surface area contributed by atoms with E-state index in [1.165, 1.54) is 6.26 Å². The summed E-state index contributed by atoms with van der Waals surface area (Å²) in [7, 11) is 1.57. The number of aliphatic imine (C=N–C) groups is 2. The van der Waals surface area contributed by atoms with E-state index in [1.54, 1.807) is 7.11 Å². The number of morpholine rings is 1. The van der Waals surface area contributed by atoms with Gasteiger partial charge < -0.3 is 24.4 Å². The lowest BCUT2D eigenvalue weighted by atomic mass is 10.1. The number of hydrogen-bond donors (Lipinski definition) is 2. The van der Waals surface area contributed by atoms with E-state index in [9.17, 15) is 4.79 Å². The minimum atomic E-state index is -0.483. The highest BCUT2D eigenvalue weighted by atomic mass is 16.5. The van der Waals surface area contributed by atoms with Crippen LogP contribution in [0.25, 0.3) is 0 Å². The molecule has 4 heterocycles. The number of nitrogens with zero attached hydrogens (tertiary/aromatic N) is 5. The minimum Gasteiger partial charge on any atom is -0.491 e. The van der Waals surface area contributed by atoms with Gasteiger partial charge in [-0.2, -0.15) is 4.98 Å². The average Bonchev–Trinajstić information content (AvgIpc) is 3.52. The van der Waals surface area contributed by atoms with E-state index in [0.717, 1.165) is 50.7 Å². The summed E-state index contributed by atoms with van der Waals surface area (Å²) in [4.78, 5) is 30.1. The summed E-state index contributed by atoms with van der Waals surface area (Å²) in [5.74, 6) is 1.66. The van der Waals surface area contributed by atoms with Gasteiger partial charge in [-0.1, -0.05) is 0 Å². The summed E-state index contributed by atoms with van der Waals surface area (Å²) < 4.78 is 22.1. The standard InChI is InChI=1S/C22H27N7O5/c1-31-18-16(33-10-2-6-28-8-11-32-12-9-28)4-3-14-17(18)26-22(29-7-5-24-19(14)29)27-20(30)15-13-34-21(23)25-15/h3-4,13H,2,5-12H2,1H3,(H2,23,25)(H,26,27,30). The van der Waals surface area contributed by atoms with Gasteiger partial charge in [-0.3, -0.25) is 24.9 Å². The van der Waals surface area contributed by atoms with Crippen LogP contribution < -0.4 is 20.5 Å². The Kier molecular flexibility index (Phi) is 6.32. The fourth-order valence-corrected chi connectivity index (χ4v) is 4.15. The van der Waals surface area contributed by atoms with Crippen LogP contribution in [0.1, 0.15) is 22.5 Å². The SMILES string of the molecule is COc1c(OCCCN2CCOCC2)ccc2c1N=C(NC(=O)c1coc(N)n1)N1CCN=C21. The Morgan fingerprint density at radius 3 is 2.88 bits per heavy atom. The number of nitrogens with one attached hydrogen (secondary N) is 1. The smallest absolute Gasteiger partial charge is 0.292 e. The molecule has 12 nitrogen and oxygen atoms in total. The lowest BCUT2D eigenvalue weighted by Gasteiger charge is -2.28. The van der Waals surface area contributed by atoms with Crippen molar-refractivity contribution >= 4 is 29.4 Å². The zero-order chi connectivity index (χ0) is 23.5. The topological polar surface area (TPSA) is 140 Å². The Balaban J connectivity index is 1.35. The third-order valence-electron chi connectivity index (χ3n) is 5.81. The normalized spacial score (nSPS) is 17.5. The number of ether oxygens (including phenoxy) is 3. The van der Waals surface area contributed by atoms with Crippen molar-refractivity contribution in [2.45, 2.75) is 6.42 Å². The lowest BCUT2D eigenvalue weighted by molar-refractivity contribution is 0.0357. The van der Waals surface area contributed by atoms with Gasteiger partial charge in [0.05, 0.1) is 33.5 Å². The van der Waals surface area contributed by atoms with Crippen LogP contribution in [0.5, 0.6) is 11.5 Å². The monoisotopic (exact) mass is 469 g/mol. The summed E-state index contributed by atoms with van der Waals surface area (Å²) in [6.07, 6.45) is 2.08. The quantitative estimate of drug-likeness (QED) is 0.565. The molecule has 34 heavy (non-hydrogen) atoms. The molecule has 12 heteroatoms. The van der Waals surface area contributed by atoms with Gasteiger partial charge in [-0.25, -0.2) is 4.99 Å². The Morgan fingerprint density at radius 2 is 2.12 bits per heavy atom. The second-order valence-electron chi connectivity index (χ2n) is 7.97. The third-order valence-corrected chi connectivity index (χ3v) is 5.81. The van der Waals surface area contributed by atoms with E-state index < -0.39 is 5.91 Å². The molecule has 1 saturated heterocycles. The number of methoxy groups -OCH3 is 1. The molecule has 3 N–H and O–H groups in total. The number of nitrogen functional groups attached to an aromatic ring is 1. The van der Waals surface area contributed by atoms with Gasteiger partial charge in [0.15, 0.2) is 17.2 Å². The van der Waals surface area contributed by atoms with Gasteiger partial charge in [0.2, 0.25) is 5.96 Å². The summed E-state index contributed by atoms with van der Waals surface area (Å²) in [6, 6.07) is 3.72. The molecule has 0 radical (unpaired) electrons. The summed E-state index contributed by atoms with van der Waals surface area (Å²) in [5.41, 5.74) is 6.93. The molecule has 5 rings (SSSR count). The Bertz CT molecular complexity index is 1120. The molecule has 0 aliphatic carbocycles. The number of amides is 1. The third kappa shape index (κ3) is 4.41. The molecule has 0 spiro atoms. The van der Waals surface area contributed by atoms with Gasteiger partial charge in [0, 0.05) is 31.7 Å². The number of benzene rings is 1. The van der Waals surface area contributed by atoms with Gasteiger partial charge in [-0.15, -0.1) is 0 Å². The highest BCUT2D eigenvalue weighted by Crippen LogP contribution is 2.43. The van der Waals surface area contributed by atoms with Crippen molar-refractivity contribution in [2.24, 2.45) is 9.98 Å². The Labute approximate surface area is 196 Å². The number of guanidine groups is 1. The number of amidine groups is 1. The average molecular weight is 470 g/mol. The van der Waals surface area contributed by atoms with E-state index in [2.05, 4.69) is 20.2 Å². The van der Waals surface area contributed by atoms with Crippen LogP contribution in [0.4, 0.5) is 11.7 Å². The summed E-state index contributed by atoms with van der Waals surface area (Å²) in [5, 5.41) is 2.79. The zero-order valence-electron chi connectivity index (χ0n) is 19.0. The number of carbonyl (C=O) groups excluding carboxylic acids is 1. The predicted molar refractivity (Wildman–Crippen MR) is 124 cm³/mol. The molecule has 0 saturated carbocycles. The molecule has 1 amide bonds. The van der Waals surface area contributed by atoms with Crippen molar-refractivity contribution in [3.8, 4) is 11.5 Å². The van der Waals surface area contributed by atoms with E-state index >= 15 is 0 Å². The highest BCUT2D eigenvalue weighted by Gasteiger charge is 2.33. The second-order valence-corrected chi connectivity index (χ2v) is 7.97.